The van der Waals surface area contributed by atoms with E-state index >= 15 is 0 Å². The van der Waals surface area contributed by atoms with Gasteiger partial charge in [-0.2, -0.15) is 0 Å². The van der Waals surface area contributed by atoms with Gasteiger partial charge < -0.3 is 15.1 Å². The molecule has 0 unspecified atom stereocenters. The first-order valence-corrected chi connectivity index (χ1v) is 0.775. The fraction of sp³-hybridized carbons (Fsp3) is 0. The molecule has 4 heteroatoms. The van der Waals surface area contributed by atoms with E-state index in [-0.39, 0.29) is 7.43 Å². The third kappa shape index (κ3) is 4920. The topological polar surface area (TPSA) is 60.7 Å². The molecule has 4 radical (unpaired) electrons. The Morgan fingerprint density at radius 3 is 1.00 bits per heavy atom. The third-order valence-electron chi connectivity index (χ3n) is 0. The minimum absolute atomic E-state index is 0. The lowest BCUT2D eigenvalue weighted by atomic mass is 10.3. The van der Waals surface area contributed by atoms with Crippen LogP contribution in [-0.2, 0) is 0 Å². The van der Waals surface area contributed by atoms with Crippen molar-refractivity contribution in [2.24, 2.45) is 0 Å². The highest BCUT2D eigenvalue weighted by atomic mass is 16.5. The number of hydrogen-bond acceptors (Lipinski definition) is 3. The van der Waals surface area contributed by atoms with Crippen LogP contribution in [0.3, 0.4) is 0 Å². The Balaban J connectivity index is 0. The van der Waals surface area contributed by atoms with Crippen LogP contribution in [-0.4, -0.2) is 22.4 Å². The summed E-state index contributed by atoms with van der Waals surface area (Å²) in [6, 6.07) is 0. The Morgan fingerprint density at radius 1 is 1.00 bits per heavy atom. The highest BCUT2D eigenvalue weighted by Crippen LogP contribution is 1.40. The van der Waals surface area contributed by atoms with Crippen molar-refractivity contribution >= 4 is 7.32 Å². The molecule has 0 aliphatic rings. The summed E-state index contributed by atoms with van der Waals surface area (Å²) in [6.45, 7) is 0. The van der Waals surface area contributed by atoms with Crippen LogP contribution in [0.4, 0.5) is 0 Å². The van der Waals surface area contributed by atoms with Gasteiger partial charge in [-0.3, -0.25) is 0 Å². The molecule has 0 aromatic carbocycles. The Labute approximate surface area is 31.1 Å². The van der Waals surface area contributed by atoms with Gasteiger partial charge in [0.1, 0.15) is 0 Å². The van der Waals surface area contributed by atoms with Gasteiger partial charge >= 0.3 is 7.32 Å². The maximum atomic E-state index is 7.17. The molecule has 0 rings (SSSR count). The lowest BCUT2D eigenvalue weighted by Gasteiger charge is -1.69. The highest BCUT2D eigenvalue weighted by Gasteiger charge is 1.92. The molecule has 0 saturated heterocycles. The van der Waals surface area contributed by atoms with Crippen molar-refractivity contribution in [1.29, 1.82) is 0 Å². The zero-order valence-corrected chi connectivity index (χ0v) is 2.42. The number of hydrogen-bond donors (Lipinski definition) is 3. The van der Waals surface area contributed by atoms with Gasteiger partial charge in [0, 0.05) is 7.43 Å². The summed E-state index contributed by atoms with van der Waals surface area (Å²) in [7, 11) is -2.17. The summed E-state index contributed by atoms with van der Waals surface area (Å²) in [5.41, 5.74) is 0. The van der Waals surface area contributed by atoms with Gasteiger partial charge in [0.25, 0.3) is 0 Å². The summed E-state index contributed by atoms with van der Waals surface area (Å²) < 4.78 is 0. The Bertz CT molecular complexity index is 11.6. The number of rotatable bonds is 0. The van der Waals surface area contributed by atoms with E-state index in [9.17, 15) is 0 Å². The molecule has 5 heavy (non-hydrogen) atoms. The van der Waals surface area contributed by atoms with Gasteiger partial charge in [-0.1, -0.05) is 0 Å². The van der Waals surface area contributed by atoms with E-state index in [0.717, 1.165) is 0 Å². The molecule has 3 N–H and O–H groups in total. The monoisotopic (exact) mass is 74.0 g/mol. The van der Waals surface area contributed by atoms with E-state index in [0.29, 0.717) is 0 Å². The van der Waals surface area contributed by atoms with Gasteiger partial charge in [-0.25, -0.2) is 0 Å². The van der Waals surface area contributed by atoms with E-state index in [4.69, 9.17) is 15.1 Å². The first kappa shape index (κ1) is 8.87. The second-order valence-corrected chi connectivity index (χ2v) is 0.346. The van der Waals surface area contributed by atoms with E-state index in [1.807, 2.05) is 0 Å². The Kier molecular flexibility index (Phi) is 7.00. The van der Waals surface area contributed by atoms with Crippen molar-refractivity contribution in [2.75, 3.05) is 0 Å². The van der Waals surface area contributed by atoms with Crippen molar-refractivity contribution < 1.29 is 15.1 Å². The zero-order valence-electron chi connectivity index (χ0n) is 2.42. The van der Waals surface area contributed by atoms with Crippen molar-refractivity contribution in [3.05, 3.63) is 7.43 Å². The first-order chi connectivity index (χ1) is 1.73. The fourth-order valence-electron chi connectivity index (χ4n) is 0. The average molecular weight is 73.8 g/mol. The summed E-state index contributed by atoms with van der Waals surface area (Å²) in [5.74, 6) is 0. The maximum Gasteiger partial charge on any atom is 0.631 e. The van der Waals surface area contributed by atoms with Crippen LogP contribution in [0.5, 0.6) is 0 Å². The normalized spacial score (nSPS) is 5.40. The molecule has 0 amide bonds. The zero-order chi connectivity index (χ0) is 3.58. The van der Waals surface area contributed by atoms with E-state index in [2.05, 4.69) is 0 Å². The summed E-state index contributed by atoms with van der Waals surface area (Å²) in [4.78, 5) is 0. The molecule has 0 saturated carbocycles. The van der Waals surface area contributed by atoms with Gasteiger partial charge in [0.15, 0.2) is 0 Å². The Hall–Kier alpha value is -0.0551. The van der Waals surface area contributed by atoms with Gasteiger partial charge in [0.2, 0.25) is 0 Å². The van der Waals surface area contributed by atoms with Crippen LogP contribution in [0, 0.1) is 7.43 Å². The van der Waals surface area contributed by atoms with Gasteiger partial charge in [-0.15, -0.1) is 0 Å². The maximum absolute atomic E-state index is 7.17. The SMILES string of the molecule is OB(O)O.[C]. The molecule has 0 aliphatic carbocycles. The molecule has 3 nitrogen and oxygen atoms in total. The second-order valence-electron chi connectivity index (χ2n) is 0.346. The van der Waals surface area contributed by atoms with Crippen molar-refractivity contribution in [3.8, 4) is 0 Å². The predicted molar refractivity (Wildman–Crippen MR) is 15.7 cm³/mol. The largest absolute Gasteiger partial charge is 0.631 e. The summed E-state index contributed by atoms with van der Waals surface area (Å²) in [6.07, 6.45) is 0. The lowest BCUT2D eigenvalue weighted by molar-refractivity contribution is 0.278. The standard InChI is InChI=1S/C.BH3O3/c;2-1(3)4/h;2-4H. The molecule has 0 bridgehead atoms. The molecule has 0 aromatic heterocycles. The molecular formula is CH3BO3. The van der Waals surface area contributed by atoms with E-state index in [1.165, 1.54) is 0 Å². The molecular weight excluding hydrogens is 70.8 g/mol. The molecule has 0 fully saturated rings. The minimum atomic E-state index is -2.17. The predicted octanol–water partition coefficient (Wildman–Crippen LogP) is -1.97. The van der Waals surface area contributed by atoms with Crippen molar-refractivity contribution in [1.82, 2.24) is 0 Å². The van der Waals surface area contributed by atoms with Crippen molar-refractivity contribution in [2.45, 2.75) is 0 Å². The average Bonchev–Trinajstić information content (AvgIpc) is 0.811. The third-order valence-corrected chi connectivity index (χ3v) is 0. The minimum Gasteiger partial charge on any atom is -0.402 e. The van der Waals surface area contributed by atoms with Crippen molar-refractivity contribution in [3.63, 3.8) is 0 Å². The van der Waals surface area contributed by atoms with E-state index < -0.39 is 7.32 Å². The molecule has 0 aliphatic heterocycles. The van der Waals surface area contributed by atoms with Crippen LogP contribution < -0.4 is 0 Å². The van der Waals surface area contributed by atoms with Crippen LogP contribution in [0.15, 0.2) is 0 Å². The van der Waals surface area contributed by atoms with Crippen LogP contribution in [0.1, 0.15) is 0 Å². The van der Waals surface area contributed by atoms with E-state index in [1.54, 1.807) is 0 Å². The Morgan fingerprint density at radius 2 is 1.00 bits per heavy atom. The summed E-state index contributed by atoms with van der Waals surface area (Å²) >= 11 is 0. The molecule has 0 spiro atoms. The summed E-state index contributed by atoms with van der Waals surface area (Å²) in [5, 5.41) is 21.5. The first-order valence-electron chi connectivity index (χ1n) is 0.775. The quantitative estimate of drug-likeness (QED) is 0.292. The van der Waals surface area contributed by atoms with Crippen LogP contribution >= 0.6 is 0 Å². The molecule has 0 aromatic rings. The highest BCUT2D eigenvalue weighted by molar-refractivity contribution is 6.30. The fourth-order valence-corrected chi connectivity index (χ4v) is 0. The van der Waals surface area contributed by atoms with Crippen LogP contribution in [0.2, 0.25) is 0 Å². The molecule has 0 atom stereocenters. The molecule has 0 heterocycles. The smallest absolute Gasteiger partial charge is 0.402 e. The lowest BCUT2D eigenvalue weighted by Crippen LogP contribution is -2.07. The van der Waals surface area contributed by atoms with Gasteiger partial charge in [0.05, 0.1) is 0 Å². The molecule has 28 valence electrons. The second kappa shape index (κ2) is 3.94. The van der Waals surface area contributed by atoms with Gasteiger partial charge in [-0.05, 0) is 0 Å². The van der Waals surface area contributed by atoms with Crippen LogP contribution in [0.25, 0.3) is 0 Å².